The molecule has 0 atom stereocenters. The first kappa shape index (κ1) is 13.2. The third kappa shape index (κ3) is 3.38. The van der Waals surface area contributed by atoms with Crippen LogP contribution in [0.25, 0.3) is 0 Å². The highest BCUT2D eigenvalue weighted by Crippen LogP contribution is 2.18. The first-order valence-corrected chi connectivity index (χ1v) is 6.52. The molecule has 0 saturated carbocycles. The van der Waals surface area contributed by atoms with E-state index in [0.29, 0.717) is 24.2 Å². The zero-order valence-electron chi connectivity index (χ0n) is 10.9. The fraction of sp³-hybridized carbons (Fsp3) is 0.429. The third-order valence-electron chi connectivity index (χ3n) is 3.28. The number of anilines is 2. The summed E-state index contributed by atoms with van der Waals surface area (Å²) in [6.45, 7) is 2.29. The minimum atomic E-state index is 0.180. The fourth-order valence-electron chi connectivity index (χ4n) is 2.24. The molecule has 0 unspecified atom stereocenters. The van der Waals surface area contributed by atoms with E-state index in [1.54, 1.807) is 18.2 Å². The Hall–Kier alpha value is -2.22. The molecule has 0 spiro atoms. The number of hydrogen-bond acceptors (Lipinski definition) is 4. The predicted octanol–water partition coefficient (Wildman–Crippen LogP) is 1.56. The van der Waals surface area contributed by atoms with Crippen molar-refractivity contribution in [1.82, 2.24) is 4.90 Å². The second kappa shape index (κ2) is 6.10. The molecule has 1 aromatic carbocycles. The third-order valence-corrected chi connectivity index (χ3v) is 3.28. The smallest absolute Gasteiger partial charge is 0.224 e. The van der Waals surface area contributed by atoms with Crippen LogP contribution in [0.1, 0.15) is 24.8 Å². The Morgan fingerprint density at radius 3 is 2.84 bits per heavy atom. The monoisotopic (exact) mass is 258 g/mol. The molecule has 1 fully saturated rings. The van der Waals surface area contributed by atoms with Crippen LogP contribution in [0, 0.1) is 11.3 Å². The van der Waals surface area contributed by atoms with Gasteiger partial charge in [0.2, 0.25) is 5.91 Å². The number of rotatable bonds is 4. The molecular formula is C14H18N4O. The van der Waals surface area contributed by atoms with Crippen molar-refractivity contribution < 1.29 is 4.79 Å². The second-order valence-corrected chi connectivity index (χ2v) is 4.68. The molecule has 1 amide bonds. The number of nitrogens with two attached hydrogens (primary N) is 1. The molecular weight excluding hydrogens is 240 g/mol. The van der Waals surface area contributed by atoms with Gasteiger partial charge in [0.25, 0.3) is 0 Å². The van der Waals surface area contributed by atoms with Crippen molar-refractivity contribution in [1.29, 1.82) is 5.26 Å². The highest BCUT2D eigenvalue weighted by molar-refractivity contribution is 5.77. The van der Waals surface area contributed by atoms with Crippen molar-refractivity contribution in [3.63, 3.8) is 0 Å². The van der Waals surface area contributed by atoms with Gasteiger partial charge in [0.15, 0.2) is 0 Å². The molecule has 1 aliphatic heterocycles. The van der Waals surface area contributed by atoms with Gasteiger partial charge in [0, 0.05) is 31.7 Å². The Labute approximate surface area is 113 Å². The van der Waals surface area contributed by atoms with Gasteiger partial charge in [0.05, 0.1) is 11.3 Å². The minimum Gasteiger partial charge on any atom is -0.399 e. The summed E-state index contributed by atoms with van der Waals surface area (Å²) in [5.74, 6) is 0.180. The van der Waals surface area contributed by atoms with Crippen LogP contribution in [-0.4, -0.2) is 30.4 Å². The maximum Gasteiger partial charge on any atom is 0.224 e. The van der Waals surface area contributed by atoms with Crippen molar-refractivity contribution in [2.45, 2.75) is 19.3 Å². The van der Waals surface area contributed by atoms with Crippen molar-refractivity contribution in [3.05, 3.63) is 23.8 Å². The summed E-state index contributed by atoms with van der Waals surface area (Å²) in [7, 11) is 0. The molecule has 2 rings (SSSR count). The number of hydrogen-bond donors (Lipinski definition) is 2. The highest BCUT2D eigenvalue weighted by Gasteiger charge is 2.17. The number of likely N-dealkylation sites (tertiary alicyclic amines) is 1. The largest absolute Gasteiger partial charge is 0.399 e. The summed E-state index contributed by atoms with van der Waals surface area (Å²) in [5.41, 5.74) is 7.42. The molecule has 3 N–H and O–H groups in total. The Kier molecular flexibility index (Phi) is 4.24. The van der Waals surface area contributed by atoms with Crippen molar-refractivity contribution in [2.24, 2.45) is 0 Å². The van der Waals surface area contributed by atoms with E-state index in [9.17, 15) is 4.79 Å². The van der Waals surface area contributed by atoms with Crippen molar-refractivity contribution >= 4 is 17.3 Å². The molecule has 0 radical (unpaired) electrons. The van der Waals surface area contributed by atoms with Gasteiger partial charge in [-0.1, -0.05) is 0 Å². The molecule has 5 nitrogen and oxygen atoms in total. The molecule has 0 aromatic heterocycles. The van der Waals surface area contributed by atoms with Gasteiger partial charge >= 0.3 is 0 Å². The van der Waals surface area contributed by atoms with E-state index >= 15 is 0 Å². The average molecular weight is 258 g/mol. The Bertz CT molecular complexity index is 501. The molecule has 5 heteroatoms. The molecule has 1 saturated heterocycles. The Morgan fingerprint density at radius 1 is 1.42 bits per heavy atom. The van der Waals surface area contributed by atoms with Crippen molar-refractivity contribution in [3.8, 4) is 6.07 Å². The molecule has 1 aliphatic rings. The molecule has 19 heavy (non-hydrogen) atoms. The van der Waals surface area contributed by atoms with E-state index < -0.39 is 0 Å². The van der Waals surface area contributed by atoms with Crippen molar-refractivity contribution in [2.75, 3.05) is 30.7 Å². The van der Waals surface area contributed by atoms with E-state index in [1.165, 1.54) is 0 Å². The number of carbonyl (C=O) groups excluding carboxylic acids is 1. The highest BCUT2D eigenvalue weighted by atomic mass is 16.2. The molecule has 100 valence electrons. The summed E-state index contributed by atoms with van der Waals surface area (Å²) in [6.07, 6.45) is 2.67. The minimum absolute atomic E-state index is 0.180. The summed E-state index contributed by atoms with van der Waals surface area (Å²) < 4.78 is 0. The van der Waals surface area contributed by atoms with E-state index in [0.717, 1.165) is 31.6 Å². The number of benzene rings is 1. The maximum atomic E-state index is 11.8. The van der Waals surface area contributed by atoms with Crippen LogP contribution in [0.4, 0.5) is 11.4 Å². The van der Waals surface area contributed by atoms with Gasteiger partial charge in [-0.15, -0.1) is 0 Å². The van der Waals surface area contributed by atoms with Gasteiger partial charge in [-0.2, -0.15) is 5.26 Å². The van der Waals surface area contributed by atoms with Crippen LogP contribution in [0.5, 0.6) is 0 Å². The Morgan fingerprint density at radius 2 is 2.16 bits per heavy atom. The first-order valence-electron chi connectivity index (χ1n) is 6.52. The number of nitriles is 1. The fourth-order valence-corrected chi connectivity index (χ4v) is 2.24. The maximum absolute atomic E-state index is 11.8. The number of nitrogen functional groups attached to an aromatic ring is 1. The van der Waals surface area contributed by atoms with Crippen LogP contribution in [0.15, 0.2) is 18.2 Å². The number of amides is 1. The molecule has 1 heterocycles. The van der Waals surface area contributed by atoms with E-state index in [4.69, 9.17) is 11.0 Å². The van der Waals surface area contributed by atoms with Crippen LogP contribution in [-0.2, 0) is 4.79 Å². The lowest BCUT2D eigenvalue weighted by molar-refractivity contribution is -0.129. The van der Waals surface area contributed by atoms with E-state index in [1.807, 2.05) is 4.90 Å². The molecule has 1 aromatic rings. The lowest BCUT2D eigenvalue weighted by Crippen LogP contribution is -2.29. The van der Waals surface area contributed by atoms with Gasteiger partial charge in [-0.3, -0.25) is 4.79 Å². The van der Waals surface area contributed by atoms with E-state index in [-0.39, 0.29) is 5.91 Å². The first-order chi connectivity index (χ1) is 9.20. The van der Waals surface area contributed by atoms with Crippen LogP contribution in [0.2, 0.25) is 0 Å². The second-order valence-electron chi connectivity index (χ2n) is 4.68. The van der Waals surface area contributed by atoms with Gasteiger partial charge < -0.3 is 16.0 Å². The molecule has 0 bridgehead atoms. The molecule has 0 aliphatic carbocycles. The predicted molar refractivity (Wildman–Crippen MR) is 74.5 cm³/mol. The van der Waals surface area contributed by atoms with E-state index in [2.05, 4.69) is 11.4 Å². The summed E-state index contributed by atoms with van der Waals surface area (Å²) in [5, 5.41) is 12.1. The average Bonchev–Trinajstić information content (AvgIpc) is 2.94. The summed E-state index contributed by atoms with van der Waals surface area (Å²) >= 11 is 0. The zero-order valence-corrected chi connectivity index (χ0v) is 10.9. The summed E-state index contributed by atoms with van der Waals surface area (Å²) in [6, 6.07) is 7.23. The van der Waals surface area contributed by atoms with Crippen LogP contribution in [0.3, 0.4) is 0 Å². The number of nitrogens with zero attached hydrogens (tertiary/aromatic N) is 2. The standard InChI is InChI=1S/C14H18N4O/c15-10-11-9-12(16)3-4-13(11)17-6-5-14(19)18-7-1-2-8-18/h3-4,9,17H,1-2,5-8,16H2. The number of nitrogens with one attached hydrogen (secondary N) is 1. The van der Waals surface area contributed by atoms with Gasteiger partial charge in [-0.25, -0.2) is 0 Å². The van der Waals surface area contributed by atoms with Crippen LogP contribution < -0.4 is 11.1 Å². The lowest BCUT2D eigenvalue weighted by atomic mass is 10.1. The quantitative estimate of drug-likeness (QED) is 0.803. The SMILES string of the molecule is N#Cc1cc(N)ccc1NCCC(=O)N1CCCC1. The normalized spacial score (nSPS) is 14.2. The summed E-state index contributed by atoms with van der Waals surface area (Å²) in [4.78, 5) is 13.7. The lowest BCUT2D eigenvalue weighted by Gasteiger charge is -2.15. The van der Waals surface area contributed by atoms with Gasteiger partial charge in [-0.05, 0) is 31.0 Å². The number of carbonyl (C=O) groups is 1. The van der Waals surface area contributed by atoms with Gasteiger partial charge in [0.1, 0.15) is 6.07 Å². The van der Waals surface area contributed by atoms with Crippen LogP contribution >= 0.6 is 0 Å². The Balaban J connectivity index is 1.85. The zero-order chi connectivity index (χ0) is 13.7. The topological polar surface area (TPSA) is 82.1 Å².